The summed E-state index contributed by atoms with van der Waals surface area (Å²) in [5, 5.41) is 5.85. The second-order valence-corrected chi connectivity index (χ2v) is 12.0. The maximum atomic E-state index is 13.0. The zero-order chi connectivity index (χ0) is 30.1. The Morgan fingerprint density at radius 2 is 1.20 bits per heavy atom. The highest BCUT2D eigenvalue weighted by molar-refractivity contribution is 5.96. The van der Waals surface area contributed by atoms with Gasteiger partial charge < -0.3 is 25.2 Å². The third kappa shape index (κ3) is 19.5. The molecule has 0 heterocycles. The average Bonchev–Trinajstić information content (AvgIpc) is 2.95. The van der Waals surface area contributed by atoms with E-state index >= 15 is 0 Å². The lowest BCUT2D eigenvalue weighted by molar-refractivity contribution is 0.0946. The van der Waals surface area contributed by atoms with E-state index in [2.05, 4.69) is 22.5 Å². The number of anilines is 1. The number of alkyl carbamates (subject to hydrolysis) is 1. The van der Waals surface area contributed by atoms with Crippen molar-refractivity contribution in [3.05, 3.63) is 29.3 Å². The first-order valence-corrected chi connectivity index (χ1v) is 16.5. The Bertz CT molecular complexity index is 813. The molecule has 0 bridgehead atoms. The third-order valence-electron chi connectivity index (χ3n) is 7.58. The van der Waals surface area contributed by atoms with Crippen LogP contribution in [0.1, 0.15) is 132 Å². The zero-order valence-electron chi connectivity index (χ0n) is 27.2. The van der Waals surface area contributed by atoms with Gasteiger partial charge >= 0.3 is 6.09 Å². The van der Waals surface area contributed by atoms with E-state index in [0.717, 1.165) is 31.5 Å². The Kier molecular flexibility index (Phi) is 21.8. The van der Waals surface area contributed by atoms with E-state index in [1.54, 1.807) is 0 Å². The van der Waals surface area contributed by atoms with Crippen molar-refractivity contribution in [1.29, 1.82) is 0 Å². The van der Waals surface area contributed by atoms with E-state index in [0.29, 0.717) is 24.2 Å². The van der Waals surface area contributed by atoms with Gasteiger partial charge in [-0.15, -0.1) is 0 Å². The maximum Gasteiger partial charge on any atom is 0.407 e. The molecule has 0 spiro atoms. The first-order chi connectivity index (χ1) is 19.8. The molecule has 1 rings (SSSR count). The minimum Gasteiger partial charge on any atom is -0.445 e. The molecule has 0 fully saturated rings. The van der Waals surface area contributed by atoms with Crippen molar-refractivity contribution >= 4 is 17.7 Å². The van der Waals surface area contributed by atoms with Crippen LogP contribution in [0.2, 0.25) is 0 Å². The number of nitrogens with zero attached hydrogens (tertiary/aromatic N) is 2. The molecule has 0 aliphatic carbocycles. The molecule has 0 aliphatic heterocycles. The predicted molar refractivity (Wildman–Crippen MR) is 174 cm³/mol. The van der Waals surface area contributed by atoms with Crippen molar-refractivity contribution < 1.29 is 14.3 Å². The van der Waals surface area contributed by atoms with Gasteiger partial charge in [0.2, 0.25) is 0 Å². The van der Waals surface area contributed by atoms with Crippen molar-refractivity contribution in [3.63, 3.8) is 0 Å². The number of unbranched alkanes of at least 4 members (excludes halogenated alkanes) is 15. The van der Waals surface area contributed by atoms with Gasteiger partial charge in [0.1, 0.15) is 6.61 Å². The molecule has 7 heteroatoms. The highest BCUT2D eigenvalue weighted by Crippen LogP contribution is 2.19. The second-order valence-electron chi connectivity index (χ2n) is 12.0. The van der Waals surface area contributed by atoms with E-state index in [4.69, 9.17) is 4.74 Å². The summed E-state index contributed by atoms with van der Waals surface area (Å²) in [5.74, 6) is -0.111. The van der Waals surface area contributed by atoms with E-state index in [-0.39, 0.29) is 12.5 Å². The summed E-state index contributed by atoms with van der Waals surface area (Å²) in [4.78, 5) is 29.2. The molecule has 1 aromatic carbocycles. The molecule has 2 amide bonds. The lowest BCUT2D eigenvalue weighted by Crippen LogP contribution is -2.29. The van der Waals surface area contributed by atoms with Crippen LogP contribution in [0, 0.1) is 0 Å². The summed E-state index contributed by atoms with van der Waals surface area (Å²) in [6.07, 6.45) is 21.7. The van der Waals surface area contributed by atoms with Crippen LogP contribution >= 0.6 is 0 Å². The molecule has 41 heavy (non-hydrogen) atoms. The number of hydrogen-bond donors (Lipinski definition) is 2. The smallest absolute Gasteiger partial charge is 0.407 e. The third-order valence-corrected chi connectivity index (χ3v) is 7.58. The van der Waals surface area contributed by atoms with Gasteiger partial charge in [0, 0.05) is 44.0 Å². The number of ether oxygens (including phenoxy) is 1. The Labute approximate surface area is 252 Å². The minimum absolute atomic E-state index is 0.0645. The second kappa shape index (κ2) is 24.3. The van der Waals surface area contributed by atoms with E-state index in [9.17, 15) is 9.59 Å². The molecule has 0 unspecified atom stereocenters. The van der Waals surface area contributed by atoms with Crippen LogP contribution in [0.3, 0.4) is 0 Å². The van der Waals surface area contributed by atoms with Crippen molar-refractivity contribution in [2.24, 2.45) is 0 Å². The topological polar surface area (TPSA) is 73.9 Å². The number of amides is 2. The maximum absolute atomic E-state index is 13.0. The van der Waals surface area contributed by atoms with Crippen LogP contribution in [0.15, 0.2) is 18.2 Å². The average molecular weight is 575 g/mol. The van der Waals surface area contributed by atoms with E-state index in [1.807, 2.05) is 51.3 Å². The molecule has 1 aromatic rings. The van der Waals surface area contributed by atoms with Crippen LogP contribution in [-0.4, -0.2) is 64.7 Å². The number of rotatable bonds is 25. The highest BCUT2D eigenvalue weighted by atomic mass is 16.5. The standard InChI is InChI=1S/C34H62N4O3/c1-6-7-8-9-10-11-12-13-14-15-16-17-18-19-20-21-25-35-33(39)32-28-31(38(4)5)24-23-30(32)29-41-34(40)36-26-22-27-37(2)3/h23-24,28H,6-22,25-27,29H2,1-5H3,(H,35,39)(H,36,40). The lowest BCUT2D eigenvalue weighted by atomic mass is 10.0. The van der Waals surface area contributed by atoms with Crippen LogP contribution in [-0.2, 0) is 11.3 Å². The fourth-order valence-corrected chi connectivity index (χ4v) is 4.93. The lowest BCUT2D eigenvalue weighted by Gasteiger charge is -2.17. The Balaban J connectivity index is 2.22. The van der Waals surface area contributed by atoms with Crippen LogP contribution < -0.4 is 15.5 Å². The summed E-state index contributed by atoms with van der Waals surface area (Å²) < 4.78 is 5.41. The van der Waals surface area contributed by atoms with Gasteiger partial charge in [-0.1, -0.05) is 109 Å². The summed E-state index contributed by atoms with van der Waals surface area (Å²) in [7, 11) is 7.90. The molecule has 0 aromatic heterocycles. The molecular formula is C34H62N4O3. The molecule has 0 aliphatic rings. The molecule has 2 N–H and O–H groups in total. The first kappa shape index (κ1) is 36.7. The van der Waals surface area contributed by atoms with Crippen LogP contribution in [0.5, 0.6) is 0 Å². The largest absolute Gasteiger partial charge is 0.445 e. The van der Waals surface area contributed by atoms with Gasteiger partial charge in [-0.2, -0.15) is 0 Å². The quantitative estimate of drug-likeness (QED) is 0.116. The predicted octanol–water partition coefficient (Wildman–Crippen LogP) is 7.92. The van der Waals surface area contributed by atoms with Crippen molar-refractivity contribution in [2.45, 2.75) is 123 Å². The van der Waals surface area contributed by atoms with Gasteiger partial charge in [-0.05, 0) is 45.6 Å². The fourth-order valence-electron chi connectivity index (χ4n) is 4.93. The molecule has 0 saturated carbocycles. The van der Waals surface area contributed by atoms with Gasteiger partial charge in [-0.25, -0.2) is 4.79 Å². The van der Waals surface area contributed by atoms with Crippen molar-refractivity contribution in [3.8, 4) is 0 Å². The summed E-state index contributed by atoms with van der Waals surface area (Å²) >= 11 is 0. The molecule has 7 nitrogen and oxygen atoms in total. The molecular weight excluding hydrogens is 512 g/mol. The fraction of sp³-hybridized carbons (Fsp3) is 0.765. The number of carbonyl (C=O) groups is 2. The highest BCUT2D eigenvalue weighted by Gasteiger charge is 2.15. The first-order valence-electron chi connectivity index (χ1n) is 16.5. The summed E-state index contributed by atoms with van der Waals surface area (Å²) in [6, 6.07) is 5.69. The Hall–Kier alpha value is -2.28. The van der Waals surface area contributed by atoms with Gasteiger partial charge in [-0.3, -0.25) is 4.79 Å². The van der Waals surface area contributed by atoms with E-state index < -0.39 is 6.09 Å². The van der Waals surface area contributed by atoms with Gasteiger partial charge in [0.05, 0.1) is 0 Å². The zero-order valence-corrected chi connectivity index (χ0v) is 27.2. The minimum atomic E-state index is -0.458. The van der Waals surface area contributed by atoms with Crippen LogP contribution in [0.25, 0.3) is 0 Å². The monoisotopic (exact) mass is 574 g/mol. The summed E-state index contributed by atoms with van der Waals surface area (Å²) in [6.45, 7) is 4.46. The SMILES string of the molecule is CCCCCCCCCCCCCCCCCCNC(=O)c1cc(N(C)C)ccc1COC(=O)NCCCN(C)C. The Morgan fingerprint density at radius 3 is 1.71 bits per heavy atom. The van der Waals surface area contributed by atoms with E-state index in [1.165, 1.54) is 89.9 Å². The molecule has 0 radical (unpaired) electrons. The Morgan fingerprint density at radius 1 is 0.683 bits per heavy atom. The number of benzene rings is 1. The number of hydrogen-bond acceptors (Lipinski definition) is 5. The van der Waals surface area contributed by atoms with Gasteiger partial charge in [0.15, 0.2) is 0 Å². The van der Waals surface area contributed by atoms with Crippen molar-refractivity contribution in [1.82, 2.24) is 15.5 Å². The van der Waals surface area contributed by atoms with Crippen molar-refractivity contribution in [2.75, 3.05) is 52.7 Å². The van der Waals surface area contributed by atoms with Gasteiger partial charge in [0.25, 0.3) is 5.91 Å². The molecule has 0 saturated heterocycles. The normalized spacial score (nSPS) is 11.1. The number of carbonyl (C=O) groups excluding carboxylic acids is 2. The molecule has 236 valence electrons. The summed E-state index contributed by atoms with van der Waals surface area (Å²) in [5.41, 5.74) is 2.21. The molecule has 0 atom stereocenters. The number of nitrogens with one attached hydrogen (secondary N) is 2. The van der Waals surface area contributed by atoms with Crippen LogP contribution in [0.4, 0.5) is 10.5 Å².